The molecule has 1 fully saturated rings. The van der Waals surface area contributed by atoms with Gasteiger partial charge in [0.25, 0.3) is 5.56 Å². The summed E-state index contributed by atoms with van der Waals surface area (Å²) in [5, 5.41) is 3.05. The first-order valence-electron chi connectivity index (χ1n) is 11.7. The van der Waals surface area contributed by atoms with Gasteiger partial charge in [-0.2, -0.15) is 0 Å². The Hall–Kier alpha value is -3.13. The molecule has 2 amide bonds. The van der Waals surface area contributed by atoms with Gasteiger partial charge in [-0.1, -0.05) is 30.3 Å². The van der Waals surface area contributed by atoms with Gasteiger partial charge in [0.05, 0.1) is 6.04 Å². The van der Waals surface area contributed by atoms with E-state index in [1.54, 1.807) is 11.0 Å². The number of carbonyl (C=O) groups excluding carboxylic acids is 2. The summed E-state index contributed by atoms with van der Waals surface area (Å²) in [6.45, 7) is 5.20. The number of alkyl carbamates (subject to hydrolysis) is 1. The van der Waals surface area contributed by atoms with Crippen molar-refractivity contribution in [2.75, 3.05) is 31.1 Å². The minimum Gasteiger partial charge on any atom is -0.445 e. The molecule has 8 nitrogen and oxygen atoms in total. The molecule has 1 aromatic heterocycles. The maximum Gasteiger partial charge on any atom is 0.407 e. The van der Waals surface area contributed by atoms with E-state index in [2.05, 4.69) is 17.1 Å². The number of aromatic nitrogens is 1. The first-order chi connectivity index (χ1) is 15.9. The van der Waals surface area contributed by atoms with Crippen LogP contribution in [0.5, 0.6) is 0 Å². The van der Waals surface area contributed by atoms with Crippen molar-refractivity contribution in [2.45, 2.75) is 50.8 Å². The molecular formula is C25H30N4O4. The minimum absolute atomic E-state index is 0.0392. The molecule has 1 saturated heterocycles. The van der Waals surface area contributed by atoms with Gasteiger partial charge < -0.3 is 15.0 Å². The number of benzene rings is 1. The minimum atomic E-state index is -0.397. The molecule has 0 saturated carbocycles. The summed E-state index contributed by atoms with van der Waals surface area (Å²) in [4.78, 5) is 41.6. The van der Waals surface area contributed by atoms with E-state index in [9.17, 15) is 14.4 Å². The lowest BCUT2D eigenvalue weighted by Gasteiger charge is -2.40. The van der Waals surface area contributed by atoms with E-state index in [1.165, 1.54) is 0 Å². The summed E-state index contributed by atoms with van der Waals surface area (Å²) in [6.07, 6.45) is 2.40. The average molecular weight is 451 g/mol. The molecule has 4 heterocycles. The third kappa shape index (κ3) is 4.39. The van der Waals surface area contributed by atoms with Gasteiger partial charge >= 0.3 is 6.09 Å². The largest absolute Gasteiger partial charge is 0.445 e. The average Bonchev–Trinajstić information content (AvgIpc) is 3.20. The van der Waals surface area contributed by atoms with E-state index >= 15 is 0 Å². The molecule has 3 aliphatic heterocycles. The standard InChI is InChI=1S/C25H30N4O4/c1-25(26-24(32)33-17-18-5-3-2-4-6-18)11-13-27(14-12-25)15-20-16-28-21(30)9-7-19-8-10-22(31)29(20)23(19)28/h2-6,8,10,20H,7,9,11-17H2,1H3,(H,26,32)/t20-/m1/s1. The first kappa shape index (κ1) is 21.7. The van der Waals surface area contributed by atoms with Gasteiger partial charge in [-0.05, 0) is 43.4 Å². The number of hydrogen-bond donors (Lipinski definition) is 1. The van der Waals surface area contributed by atoms with Crippen molar-refractivity contribution >= 4 is 17.8 Å². The fourth-order valence-corrected chi connectivity index (χ4v) is 5.21. The van der Waals surface area contributed by atoms with Gasteiger partial charge in [0.2, 0.25) is 5.91 Å². The second-order valence-corrected chi connectivity index (χ2v) is 9.60. The maximum atomic E-state index is 12.6. The van der Waals surface area contributed by atoms with Crippen LogP contribution in [0.25, 0.3) is 0 Å². The van der Waals surface area contributed by atoms with Crippen LogP contribution in [-0.2, 0) is 22.6 Å². The van der Waals surface area contributed by atoms with Crippen molar-refractivity contribution in [1.29, 1.82) is 0 Å². The van der Waals surface area contributed by atoms with Gasteiger partial charge in [0.1, 0.15) is 12.4 Å². The van der Waals surface area contributed by atoms with Crippen molar-refractivity contribution in [3.8, 4) is 0 Å². The number of pyridine rings is 1. The second-order valence-electron chi connectivity index (χ2n) is 9.60. The van der Waals surface area contributed by atoms with Crippen LogP contribution in [0.4, 0.5) is 10.6 Å². The van der Waals surface area contributed by atoms with Crippen LogP contribution in [0.15, 0.2) is 47.3 Å². The topological polar surface area (TPSA) is 83.9 Å². The molecule has 174 valence electrons. The van der Waals surface area contributed by atoms with E-state index in [1.807, 2.05) is 41.0 Å². The molecule has 33 heavy (non-hydrogen) atoms. The fraction of sp³-hybridized carbons (Fsp3) is 0.480. The van der Waals surface area contributed by atoms with Gasteiger partial charge in [0, 0.05) is 44.2 Å². The number of aryl methyl sites for hydroxylation is 1. The van der Waals surface area contributed by atoms with Gasteiger partial charge in [0.15, 0.2) is 0 Å². The van der Waals surface area contributed by atoms with Crippen molar-refractivity contribution in [3.05, 3.63) is 63.9 Å². The Morgan fingerprint density at radius 2 is 1.85 bits per heavy atom. The molecule has 0 aliphatic carbocycles. The highest BCUT2D eigenvalue weighted by atomic mass is 16.5. The highest BCUT2D eigenvalue weighted by Crippen LogP contribution is 2.36. The molecule has 1 N–H and O–H groups in total. The molecule has 8 heteroatoms. The molecule has 5 rings (SSSR count). The molecule has 1 aromatic carbocycles. The normalized spacial score (nSPS) is 21.5. The highest BCUT2D eigenvalue weighted by Gasteiger charge is 2.39. The van der Waals surface area contributed by atoms with Crippen molar-refractivity contribution in [2.24, 2.45) is 0 Å². The predicted molar refractivity (Wildman–Crippen MR) is 124 cm³/mol. The van der Waals surface area contributed by atoms with E-state index in [4.69, 9.17) is 4.74 Å². The van der Waals surface area contributed by atoms with Crippen LogP contribution in [0.3, 0.4) is 0 Å². The Balaban J connectivity index is 1.17. The zero-order chi connectivity index (χ0) is 23.0. The highest BCUT2D eigenvalue weighted by molar-refractivity contribution is 5.96. The molecular weight excluding hydrogens is 420 g/mol. The SMILES string of the molecule is CC1(NC(=O)OCc2ccccc2)CCN(C[C@@H]2CN3C(=O)CCc4ccc(=O)n2c43)CC1. The zero-order valence-corrected chi connectivity index (χ0v) is 19.0. The quantitative estimate of drug-likeness (QED) is 0.757. The van der Waals surface area contributed by atoms with Gasteiger partial charge in [-0.3, -0.25) is 19.1 Å². The summed E-state index contributed by atoms with van der Waals surface area (Å²) in [7, 11) is 0. The summed E-state index contributed by atoms with van der Waals surface area (Å²) < 4.78 is 7.21. The lowest BCUT2D eigenvalue weighted by atomic mass is 9.89. The predicted octanol–water partition coefficient (Wildman–Crippen LogP) is 2.46. The van der Waals surface area contributed by atoms with E-state index in [0.29, 0.717) is 25.9 Å². The van der Waals surface area contributed by atoms with Crippen LogP contribution >= 0.6 is 0 Å². The molecule has 0 spiro atoms. The summed E-state index contributed by atoms with van der Waals surface area (Å²) >= 11 is 0. The van der Waals surface area contributed by atoms with Gasteiger partial charge in [-0.25, -0.2) is 4.79 Å². The monoisotopic (exact) mass is 450 g/mol. The second kappa shape index (κ2) is 8.67. The number of amides is 2. The Morgan fingerprint density at radius 3 is 2.61 bits per heavy atom. The third-order valence-corrected chi connectivity index (χ3v) is 7.15. The number of nitrogens with one attached hydrogen (secondary N) is 1. The molecule has 2 aromatic rings. The summed E-state index contributed by atoms with van der Waals surface area (Å²) in [5.41, 5.74) is 1.67. The molecule has 3 aliphatic rings. The van der Waals surface area contributed by atoms with Crippen molar-refractivity contribution in [3.63, 3.8) is 0 Å². The van der Waals surface area contributed by atoms with Crippen molar-refractivity contribution < 1.29 is 14.3 Å². The third-order valence-electron chi connectivity index (χ3n) is 7.15. The van der Waals surface area contributed by atoms with Crippen LogP contribution in [0.1, 0.15) is 43.4 Å². The number of piperidine rings is 1. The van der Waals surface area contributed by atoms with E-state index in [-0.39, 0.29) is 29.7 Å². The number of anilines is 1. The Labute approximate surface area is 193 Å². The number of hydrogen-bond acceptors (Lipinski definition) is 5. The Bertz CT molecular complexity index is 1110. The Kier molecular flexibility index (Phi) is 5.70. The number of ether oxygens (including phenoxy) is 1. The van der Waals surface area contributed by atoms with Gasteiger partial charge in [-0.15, -0.1) is 0 Å². The number of nitrogens with zero attached hydrogens (tertiary/aromatic N) is 3. The fourth-order valence-electron chi connectivity index (χ4n) is 5.21. The van der Waals surface area contributed by atoms with E-state index < -0.39 is 6.09 Å². The van der Waals surface area contributed by atoms with E-state index in [0.717, 1.165) is 42.9 Å². The maximum absolute atomic E-state index is 12.6. The Morgan fingerprint density at radius 1 is 1.09 bits per heavy atom. The summed E-state index contributed by atoms with van der Waals surface area (Å²) in [5.74, 6) is 0.905. The van der Waals surface area contributed by atoms with Crippen LogP contribution in [-0.4, -0.2) is 53.2 Å². The molecule has 1 atom stereocenters. The molecule has 0 unspecified atom stereocenters. The van der Waals surface area contributed by atoms with Crippen LogP contribution in [0.2, 0.25) is 0 Å². The van der Waals surface area contributed by atoms with Crippen LogP contribution < -0.4 is 15.8 Å². The number of carbonyl (C=O) groups is 2. The van der Waals surface area contributed by atoms with Crippen LogP contribution in [0, 0.1) is 0 Å². The smallest absolute Gasteiger partial charge is 0.407 e. The zero-order valence-electron chi connectivity index (χ0n) is 19.0. The number of likely N-dealkylation sites (tertiary alicyclic amines) is 1. The van der Waals surface area contributed by atoms with Crippen molar-refractivity contribution in [1.82, 2.24) is 14.8 Å². The lowest BCUT2D eigenvalue weighted by Crippen LogP contribution is -2.54. The molecule has 0 bridgehead atoms. The summed E-state index contributed by atoms with van der Waals surface area (Å²) in [6, 6.07) is 13.1. The molecule has 0 radical (unpaired) electrons. The number of rotatable bonds is 5. The lowest BCUT2D eigenvalue weighted by molar-refractivity contribution is -0.118. The first-order valence-corrected chi connectivity index (χ1v) is 11.7.